The zero-order valence-electron chi connectivity index (χ0n) is 10.8. The van der Waals surface area contributed by atoms with E-state index in [0.717, 1.165) is 19.2 Å². The topological polar surface area (TPSA) is 83.6 Å². The number of rotatable bonds is 4. The third-order valence-corrected chi connectivity index (χ3v) is 4.15. The molecule has 0 atom stereocenters. The van der Waals surface area contributed by atoms with Crippen molar-refractivity contribution in [2.24, 2.45) is 0 Å². The Balaban J connectivity index is 3.29. The lowest BCUT2D eigenvalue weighted by molar-refractivity contribution is 0.0639. The van der Waals surface area contributed by atoms with Gasteiger partial charge in [-0.3, -0.25) is 0 Å². The van der Waals surface area contributed by atoms with E-state index in [0.29, 0.717) is 4.31 Å². The summed E-state index contributed by atoms with van der Waals surface area (Å²) >= 11 is 0. The molecule has 0 aromatic heterocycles. The average Bonchev–Trinajstić information content (AvgIpc) is 2.11. The van der Waals surface area contributed by atoms with Crippen LogP contribution < -0.4 is 5.73 Å². The van der Waals surface area contributed by atoms with Crippen molar-refractivity contribution in [3.63, 3.8) is 0 Å². The summed E-state index contributed by atoms with van der Waals surface area (Å²) in [5.74, 6) is -2.53. The molecule has 0 radical (unpaired) electrons. The molecule has 0 unspecified atom stereocenters. The minimum atomic E-state index is -4.38. The van der Waals surface area contributed by atoms with E-state index in [4.69, 9.17) is 5.73 Å². The first-order valence-electron chi connectivity index (χ1n) is 5.38. The molecule has 8 heteroatoms. The molecule has 0 heterocycles. The zero-order chi connectivity index (χ0) is 15.0. The van der Waals surface area contributed by atoms with Gasteiger partial charge in [-0.2, -0.15) is 4.31 Å². The van der Waals surface area contributed by atoms with Crippen LogP contribution in [0, 0.1) is 11.6 Å². The molecular weight excluding hydrogens is 278 g/mol. The number of likely N-dealkylation sites (N-methyl/N-ethyl adjacent to an activating group) is 1. The van der Waals surface area contributed by atoms with Crippen LogP contribution in [0.15, 0.2) is 17.0 Å². The number of benzene rings is 1. The van der Waals surface area contributed by atoms with Crippen LogP contribution in [0.3, 0.4) is 0 Å². The molecule has 1 rings (SSSR count). The summed E-state index contributed by atoms with van der Waals surface area (Å²) in [5.41, 5.74) is 3.68. The summed E-state index contributed by atoms with van der Waals surface area (Å²) in [5, 5.41) is 9.57. The predicted octanol–water partition coefficient (Wildman–Crippen LogP) is 0.938. The molecule has 5 nitrogen and oxygen atoms in total. The van der Waals surface area contributed by atoms with Gasteiger partial charge in [0.05, 0.1) is 5.60 Å². The van der Waals surface area contributed by atoms with E-state index in [9.17, 15) is 22.3 Å². The molecule has 0 aliphatic rings. The van der Waals surface area contributed by atoms with Crippen molar-refractivity contribution in [3.05, 3.63) is 23.8 Å². The molecular formula is C11H16F2N2O3S. The zero-order valence-corrected chi connectivity index (χ0v) is 11.6. The van der Waals surface area contributed by atoms with Gasteiger partial charge in [0.15, 0.2) is 4.90 Å². The maximum atomic E-state index is 13.6. The van der Waals surface area contributed by atoms with Crippen molar-refractivity contribution >= 4 is 15.7 Å². The maximum absolute atomic E-state index is 13.6. The van der Waals surface area contributed by atoms with Gasteiger partial charge in [0.2, 0.25) is 10.0 Å². The molecule has 0 spiro atoms. The lowest BCUT2D eigenvalue weighted by atomic mass is 10.1. The molecule has 108 valence electrons. The Morgan fingerprint density at radius 1 is 1.32 bits per heavy atom. The third-order valence-electron chi connectivity index (χ3n) is 2.30. The first-order chi connectivity index (χ1) is 8.45. The summed E-state index contributed by atoms with van der Waals surface area (Å²) in [6.07, 6.45) is 0. The molecule has 0 aliphatic carbocycles. The number of sulfonamides is 1. The van der Waals surface area contributed by atoms with Crippen LogP contribution in [0.25, 0.3) is 0 Å². The highest BCUT2D eigenvalue weighted by molar-refractivity contribution is 7.89. The van der Waals surface area contributed by atoms with E-state index in [1.807, 2.05) is 0 Å². The van der Waals surface area contributed by atoms with Gasteiger partial charge in [-0.05, 0) is 26.0 Å². The molecule has 0 fully saturated rings. The van der Waals surface area contributed by atoms with Crippen molar-refractivity contribution in [3.8, 4) is 0 Å². The van der Waals surface area contributed by atoms with Crippen molar-refractivity contribution in [2.45, 2.75) is 24.3 Å². The number of nitrogens with zero attached hydrogens (tertiary/aromatic N) is 1. The smallest absolute Gasteiger partial charge is 0.248 e. The van der Waals surface area contributed by atoms with Crippen LogP contribution in [0.1, 0.15) is 13.8 Å². The fourth-order valence-corrected chi connectivity index (χ4v) is 3.02. The van der Waals surface area contributed by atoms with Crippen molar-refractivity contribution < 1.29 is 22.3 Å². The first kappa shape index (κ1) is 15.8. The van der Waals surface area contributed by atoms with Gasteiger partial charge < -0.3 is 10.8 Å². The minimum absolute atomic E-state index is 0.209. The monoisotopic (exact) mass is 294 g/mol. The molecule has 0 aliphatic heterocycles. The third kappa shape index (κ3) is 3.62. The number of anilines is 1. The molecule has 3 N–H and O–H groups in total. The lowest BCUT2D eigenvalue weighted by Gasteiger charge is -2.25. The van der Waals surface area contributed by atoms with Crippen LogP contribution in [-0.4, -0.2) is 37.0 Å². The number of hydrogen-bond donors (Lipinski definition) is 2. The second-order valence-corrected chi connectivity index (χ2v) is 6.87. The van der Waals surface area contributed by atoms with Gasteiger partial charge >= 0.3 is 0 Å². The number of nitrogen functional groups attached to an aromatic ring is 1. The lowest BCUT2D eigenvalue weighted by Crippen LogP contribution is -2.40. The SMILES string of the molecule is CN(CC(C)(C)O)S(=O)(=O)c1c(F)cc(N)cc1F. The summed E-state index contributed by atoms with van der Waals surface area (Å²) in [7, 11) is -3.25. The predicted molar refractivity (Wildman–Crippen MR) is 66.9 cm³/mol. The van der Waals surface area contributed by atoms with Crippen molar-refractivity contribution in [1.29, 1.82) is 0 Å². The van der Waals surface area contributed by atoms with E-state index in [1.165, 1.54) is 13.8 Å². The first-order valence-corrected chi connectivity index (χ1v) is 6.82. The molecule has 0 saturated heterocycles. The van der Waals surface area contributed by atoms with E-state index in [2.05, 4.69) is 0 Å². The fraction of sp³-hybridized carbons (Fsp3) is 0.455. The van der Waals surface area contributed by atoms with Crippen LogP contribution in [-0.2, 0) is 10.0 Å². The molecule has 0 bridgehead atoms. The molecule has 0 amide bonds. The second-order valence-electron chi connectivity index (χ2n) is 4.89. The van der Waals surface area contributed by atoms with E-state index in [-0.39, 0.29) is 12.2 Å². The Hall–Kier alpha value is -1.25. The highest BCUT2D eigenvalue weighted by atomic mass is 32.2. The Morgan fingerprint density at radius 2 is 1.74 bits per heavy atom. The number of nitrogens with two attached hydrogens (primary N) is 1. The van der Waals surface area contributed by atoms with Crippen molar-refractivity contribution in [1.82, 2.24) is 4.31 Å². The Bertz CT molecular complexity index is 559. The van der Waals surface area contributed by atoms with Crippen LogP contribution in [0.5, 0.6) is 0 Å². The van der Waals surface area contributed by atoms with Gasteiger partial charge in [0.25, 0.3) is 0 Å². The van der Waals surface area contributed by atoms with Gasteiger partial charge in [0.1, 0.15) is 11.6 Å². The average molecular weight is 294 g/mol. The largest absolute Gasteiger partial charge is 0.399 e. The maximum Gasteiger partial charge on any atom is 0.248 e. The number of halogens is 2. The molecule has 1 aromatic rings. The van der Waals surface area contributed by atoms with Crippen LogP contribution in [0.4, 0.5) is 14.5 Å². The fourth-order valence-electron chi connectivity index (χ4n) is 1.61. The molecule has 0 saturated carbocycles. The van der Waals surface area contributed by atoms with Gasteiger partial charge in [-0.15, -0.1) is 0 Å². The normalized spacial score (nSPS) is 13.0. The highest BCUT2D eigenvalue weighted by Crippen LogP contribution is 2.25. The summed E-state index contributed by atoms with van der Waals surface area (Å²) in [6.45, 7) is 2.46. The summed E-state index contributed by atoms with van der Waals surface area (Å²) < 4.78 is 52.0. The Labute approximate surface area is 110 Å². The number of aliphatic hydroxyl groups is 1. The van der Waals surface area contributed by atoms with Gasteiger partial charge in [0, 0.05) is 19.3 Å². The second kappa shape index (κ2) is 5.03. The van der Waals surface area contributed by atoms with Gasteiger partial charge in [-0.25, -0.2) is 17.2 Å². The minimum Gasteiger partial charge on any atom is -0.399 e. The molecule has 19 heavy (non-hydrogen) atoms. The van der Waals surface area contributed by atoms with Crippen LogP contribution in [0.2, 0.25) is 0 Å². The van der Waals surface area contributed by atoms with Crippen molar-refractivity contribution in [2.75, 3.05) is 19.3 Å². The van der Waals surface area contributed by atoms with Gasteiger partial charge in [-0.1, -0.05) is 0 Å². The number of hydrogen-bond acceptors (Lipinski definition) is 4. The van der Waals surface area contributed by atoms with Crippen LogP contribution >= 0.6 is 0 Å². The molecule has 1 aromatic carbocycles. The van der Waals surface area contributed by atoms with E-state index >= 15 is 0 Å². The Morgan fingerprint density at radius 3 is 2.11 bits per heavy atom. The highest BCUT2D eigenvalue weighted by Gasteiger charge is 2.31. The van der Waals surface area contributed by atoms with E-state index < -0.39 is 32.2 Å². The standard InChI is InChI=1S/C11H16F2N2O3S/c1-11(2,16)6-15(3)19(17,18)10-8(12)4-7(14)5-9(10)13/h4-5,16H,6,14H2,1-3H3. The Kier molecular flexibility index (Phi) is 4.18. The van der Waals surface area contributed by atoms with E-state index in [1.54, 1.807) is 0 Å². The quantitative estimate of drug-likeness (QED) is 0.809. The summed E-state index contributed by atoms with van der Waals surface area (Å²) in [4.78, 5) is -1.08. The summed E-state index contributed by atoms with van der Waals surface area (Å²) in [6, 6.07) is 1.46.